The van der Waals surface area contributed by atoms with E-state index in [0.29, 0.717) is 28.7 Å². The van der Waals surface area contributed by atoms with E-state index in [1.54, 1.807) is 25.3 Å². The van der Waals surface area contributed by atoms with Gasteiger partial charge in [0.15, 0.2) is 11.5 Å². The highest BCUT2D eigenvalue weighted by Crippen LogP contribution is 2.40. The minimum Gasteiger partial charge on any atom is -0.454 e. The lowest BCUT2D eigenvalue weighted by molar-refractivity contribution is -0.131. The van der Waals surface area contributed by atoms with E-state index in [-0.39, 0.29) is 31.7 Å². The van der Waals surface area contributed by atoms with Gasteiger partial charge in [0.05, 0.1) is 11.6 Å². The largest absolute Gasteiger partial charge is 0.454 e. The van der Waals surface area contributed by atoms with E-state index in [4.69, 9.17) is 25.8 Å². The highest BCUT2D eigenvalue weighted by molar-refractivity contribution is 6.32. The van der Waals surface area contributed by atoms with Crippen molar-refractivity contribution in [3.8, 4) is 11.5 Å². The van der Waals surface area contributed by atoms with Crippen LogP contribution in [0, 0.1) is 13.8 Å². The number of nitrogens with one attached hydrogen (secondary N) is 1. The van der Waals surface area contributed by atoms with Crippen LogP contribution in [0.4, 0.5) is 5.69 Å². The Kier molecular flexibility index (Phi) is 7.55. The van der Waals surface area contributed by atoms with Gasteiger partial charge >= 0.3 is 0 Å². The van der Waals surface area contributed by atoms with Crippen molar-refractivity contribution in [3.63, 3.8) is 0 Å². The molecule has 0 unspecified atom stereocenters. The average Bonchev–Trinajstić information content (AvgIpc) is 3.22. The molecule has 0 radical (unpaired) electrons. The number of hydrogen-bond donors (Lipinski definition) is 1. The summed E-state index contributed by atoms with van der Waals surface area (Å²) in [7, 11) is 1.54. The lowest BCUT2D eigenvalue weighted by Gasteiger charge is -2.21. The number of nitrogens with zero attached hydrogens (tertiary/aromatic N) is 1. The summed E-state index contributed by atoms with van der Waals surface area (Å²) >= 11 is 6.19. The number of carbonyl (C=O) groups is 2. The zero-order chi connectivity index (χ0) is 22.4. The first kappa shape index (κ1) is 22.7. The standard InChI is InChI=1S/C23H25ClN2O5/c1-15-5-4-6-19(16(15)2)25-21(27)13-26(9-10-29-3)22(28)8-7-17-11-18(24)23-20(12-17)30-14-31-23/h4-8,11-12H,9-10,13-14H2,1-3H3,(H,25,27). The Morgan fingerprint density at radius 2 is 2.06 bits per heavy atom. The van der Waals surface area contributed by atoms with Crippen LogP contribution < -0.4 is 14.8 Å². The minimum absolute atomic E-state index is 0.0954. The number of anilines is 1. The van der Waals surface area contributed by atoms with Crippen molar-refractivity contribution < 1.29 is 23.8 Å². The summed E-state index contributed by atoms with van der Waals surface area (Å²) in [6.07, 6.45) is 3.02. The number of amides is 2. The lowest BCUT2D eigenvalue weighted by Crippen LogP contribution is -2.39. The van der Waals surface area contributed by atoms with Crippen molar-refractivity contribution in [1.82, 2.24) is 4.90 Å². The summed E-state index contributed by atoms with van der Waals surface area (Å²) in [4.78, 5) is 26.8. The van der Waals surface area contributed by atoms with Gasteiger partial charge in [-0.15, -0.1) is 0 Å². The molecule has 2 amide bonds. The number of aryl methyl sites for hydroxylation is 1. The third-order valence-corrected chi connectivity index (χ3v) is 5.24. The molecule has 31 heavy (non-hydrogen) atoms. The van der Waals surface area contributed by atoms with Gasteiger partial charge < -0.3 is 24.4 Å². The number of rotatable bonds is 8. The summed E-state index contributed by atoms with van der Waals surface area (Å²) in [5.74, 6) is 0.429. The van der Waals surface area contributed by atoms with Crippen LogP contribution >= 0.6 is 11.6 Å². The molecule has 0 bridgehead atoms. The predicted octanol–water partition coefficient (Wildman–Crippen LogP) is 3.81. The first-order valence-corrected chi connectivity index (χ1v) is 10.2. The molecule has 0 saturated heterocycles. The van der Waals surface area contributed by atoms with E-state index in [2.05, 4.69) is 5.32 Å². The molecular formula is C23H25ClN2O5. The average molecular weight is 445 g/mol. The first-order valence-electron chi connectivity index (χ1n) is 9.80. The molecule has 0 fully saturated rings. The van der Waals surface area contributed by atoms with Crippen molar-refractivity contribution in [3.05, 3.63) is 58.1 Å². The molecule has 1 heterocycles. The highest BCUT2D eigenvalue weighted by atomic mass is 35.5. The summed E-state index contributed by atoms with van der Waals surface area (Å²) in [6.45, 7) is 4.53. The Balaban J connectivity index is 1.68. The fourth-order valence-corrected chi connectivity index (χ4v) is 3.35. The van der Waals surface area contributed by atoms with Crippen LogP contribution in [0.15, 0.2) is 36.4 Å². The van der Waals surface area contributed by atoms with Crippen LogP contribution in [0.1, 0.15) is 16.7 Å². The third-order valence-electron chi connectivity index (χ3n) is 4.96. The Morgan fingerprint density at radius 3 is 2.84 bits per heavy atom. The van der Waals surface area contributed by atoms with Crippen LogP contribution in [-0.2, 0) is 14.3 Å². The molecule has 0 saturated carbocycles. The van der Waals surface area contributed by atoms with E-state index >= 15 is 0 Å². The van der Waals surface area contributed by atoms with Crippen LogP contribution in [0.3, 0.4) is 0 Å². The van der Waals surface area contributed by atoms with Gasteiger partial charge in [0.25, 0.3) is 0 Å². The molecule has 3 rings (SSSR count). The summed E-state index contributed by atoms with van der Waals surface area (Å²) in [6, 6.07) is 9.12. The van der Waals surface area contributed by atoms with Crippen LogP contribution in [0.5, 0.6) is 11.5 Å². The summed E-state index contributed by atoms with van der Waals surface area (Å²) in [5.41, 5.74) is 3.49. The smallest absolute Gasteiger partial charge is 0.247 e. The normalized spacial score (nSPS) is 12.3. The minimum atomic E-state index is -0.318. The number of hydrogen-bond acceptors (Lipinski definition) is 5. The summed E-state index contributed by atoms with van der Waals surface area (Å²) in [5, 5.41) is 3.29. The Bertz CT molecular complexity index is 1010. The fourth-order valence-electron chi connectivity index (χ4n) is 3.07. The maximum absolute atomic E-state index is 12.8. The second-order valence-electron chi connectivity index (χ2n) is 7.12. The van der Waals surface area contributed by atoms with Crippen LogP contribution in [0.25, 0.3) is 6.08 Å². The fraction of sp³-hybridized carbons (Fsp3) is 0.304. The van der Waals surface area contributed by atoms with Gasteiger partial charge in [-0.1, -0.05) is 23.7 Å². The monoisotopic (exact) mass is 444 g/mol. The van der Waals surface area contributed by atoms with Gasteiger partial charge in [-0.25, -0.2) is 0 Å². The highest BCUT2D eigenvalue weighted by Gasteiger charge is 2.19. The molecule has 0 spiro atoms. The Morgan fingerprint density at radius 1 is 1.26 bits per heavy atom. The van der Waals surface area contributed by atoms with Gasteiger partial charge in [-0.2, -0.15) is 0 Å². The number of halogens is 1. The zero-order valence-corrected chi connectivity index (χ0v) is 18.5. The number of carbonyl (C=O) groups excluding carboxylic acids is 2. The quantitative estimate of drug-likeness (QED) is 0.626. The maximum atomic E-state index is 12.8. The van der Waals surface area contributed by atoms with E-state index < -0.39 is 0 Å². The number of fused-ring (bicyclic) bond motifs is 1. The number of methoxy groups -OCH3 is 1. The van der Waals surface area contributed by atoms with Crippen molar-refractivity contribution in [1.29, 1.82) is 0 Å². The Hall–Kier alpha value is -3.03. The van der Waals surface area contributed by atoms with Crippen LogP contribution in [0.2, 0.25) is 5.02 Å². The molecule has 8 heteroatoms. The molecule has 2 aromatic carbocycles. The third kappa shape index (κ3) is 5.77. The van der Waals surface area contributed by atoms with E-state index in [1.807, 2.05) is 32.0 Å². The molecule has 2 aromatic rings. The van der Waals surface area contributed by atoms with Gasteiger partial charge in [0.2, 0.25) is 18.6 Å². The Labute approximate surface area is 186 Å². The molecular weight excluding hydrogens is 420 g/mol. The molecule has 0 aliphatic carbocycles. The topological polar surface area (TPSA) is 77.1 Å². The molecule has 1 aliphatic heterocycles. The lowest BCUT2D eigenvalue weighted by atomic mass is 10.1. The van der Waals surface area contributed by atoms with Gasteiger partial charge in [0.1, 0.15) is 6.54 Å². The SMILES string of the molecule is COCCN(CC(=O)Nc1cccc(C)c1C)C(=O)C=Cc1cc(Cl)c2c(c1)OCO2. The zero-order valence-electron chi connectivity index (χ0n) is 17.7. The second kappa shape index (κ2) is 10.3. The van der Waals surface area contributed by atoms with Crippen molar-refractivity contribution in [2.75, 3.05) is 38.9 Å². The molecule has 164 valence electrons. The molecule has 1 N–H and O–H groups in total. The molecule has 0 aromatic heterocycles. The van der Waals surface area contributed by atoms with E-state index in [1.165, 1.54) is 11.0 Å². The predicted molar refractivity (Wildman–Crippen MR) is 120 cm³/mol. The van der Waals surface area contributed by atoms with Gasteiger partial charge in [-0.3, -0.25) is 9.59 Å². The van der Waals surface area contributed by atoms with Crippen molar-refractivity contribution in [2.45, 2.75) is 13.8 Å². The van der Waals surface area contributed by atoms with E-state index in [9.17, 15) is 9.59 Å². The van der Waals surface area contributed by atoms with Crippen molar-refractivity contribution in [2.24, 2.45) is 0 Å². The number of benzene rings is 2. The van der Waals surface area contributed by atoms with Crippen LogP contribution in [-0.4, -0.2) is 50.3 Å². The van der Waals surface area contributed by atoms with Gasteiger partial charge in [0, 0.05) is 25.4 Å². The molecule has 0 atom stereocenters. The number of ether oxygens (including phenoxy) is 3. The maximum Gasteiger partial charge on any atom is 0.247 e. The molecule has 7 nitrogen and oxygen atoms in total. The van der Waals surface area contributed by atoms with Gasteiger partial charge in [-0.05, 0) is 54.8 Å². The van der Waals surface area contributed by atoms with E-state index in [0.717, 1.165) is 16.8 Å². The molecule has 1 aliphatic rings. The van der Waals surface area contributed by atoms with Crippen molar-refractivity contribution >= 4 is 35.2 Å². The summed E-state index contributed by atoms with van der Waals surface area (Å²) < 4.78 is 15.7. The second-order valence-corrected chi connectivity index (χ2v) is 7.53. The first-order chi connectivity index (χ1) is 14.9.